The number of anilines is 1. The number of amides is 1. The van der Waals surface area contributed by atoms with Crippen molar-refractivity contribution in [2.24, 2.45) is 0 Å². The quantitative estimate of drug-likeness (QED) is 0.852. The summed E-state index contributed by atoms with van der Waals surface area (Å²) in [5, 5.41) is 13.6. The molecule has 0 radical (unpaired) electrons. The summed E-state index contributed by atoms with van der Waals surface area (Å²) in [7, 11) is 0. The molecule has 2 heterocycles. The highest BCUT2D eigenvalue weighted by Crippen LogP contribution is 2.15. The molecule has 82 valence electrons. The predicted molar refractivity (Wildman–Crippen MR) is 62.4 cm³/mol. The lowest BCUT2D eigenvalue weighted by Gasteiger charge is -2.06. The molecule has 0 atom stereocenters. The Morgan fingerprint density at radius 3 is 3.00 bits per heavy atom. The highest BCUT2D eigenvalue weighted by Gasteiger charge is 2.09. The molecule has 2 N–H and O–H groups in total. The average molecular weight is 234 g/mol. The highest BCUT2D eigenvalue weighted by molar-refractivity contribution is 7.12. The fraction of sp³-hybridized carbons (Fsp3) is 0.0909. The van der Waals surface area contributed by atoms with Crippen LogP contribution < -0.4 is 5.32 Å². The maximum absolute atomic E-state index is 11.7. The van der Waals surface area contributed by atoms with Crippen LogP contribution in [-0.2, 0) is 6.61 Å². The Morgan fingerprint density at radius 1 is 1.44 bits per heavy atom. The number of carbonyl (C=O) groups is 1. The Morgan fingerprint density at radius 2 is 2.31 bits per heavy atom. The summed E-state index contributed by atoms with van der Waals surface area (Å²) in [5.74, 6) is 0.201. The smallest absolute Gasteiger partial charge is 0.266 e. The topological polar surface area (TPSA) is 62.2 Å². The molecule has 16 heavy (non-hydrogen) atoms. The zero-order chi connectivity index (χ0) is 11.4. The summed E-state index contributed by atoms with van der Waals surface area (Å²) in [6.45, 7) is -0.145. The highest BCUT2D eigenvalue weighted by atomic mass is 32.1. The molecule has 0 bridgehead atoms. The first-order valence-electron chi connectivity index (χ1n) is 4.71. The number of aromatic nitrogens is 1. The predicted octanol–water partition coefficient (Wildman–Crippen LogP) is 1.89. The van der Waals surface area contributed by atoms with Crippen LogP contribution in [0.5, 0.6) is 0 Å². The van der Waals surface area contributed by atoms with Gasteiger partial charge in [-0.3, -0.25) is 4.79 Å². The van der Waals surface area contributed by atoms with E-state index in [-0.39, 0.29) is 12.5 Å². The minimum Gasteiger partial charge on any atom is -0.392 e. The lowest BCUT2D eigenvalue weighted by Crippen LogP contribution is -2.13. The molecular formula is C11H10N2O2S. The van der Waals surface area contributed by atoms with E-state index in [1.54, 1.807) is 24.4 Å². The third-order valence-electron chi connectivity index (χ3n) is 2.04. The number of nitrogens with one attached hydrogen (secondary N) is 1. The van der Waals surface area contributed by atoms with Crippen LogP contribution >= 0.6 is 11.3 Å². The molecular weight excluding hydrogens is 224 g/mol. The second kappa shape index (κ2) is 4.87. The maximum Gasteiger partial charge on any atom is 0.266 e. The maximum atomic E-state index is 11.7. The molecule has 2 aromatic rings. The van der Waals surface area contributed by atoms with Gasteiger partial charge in [-0.1, -0.05) is 12.1 Å². The van der Waals surface area contributed by atoms with Crippen LogP contribution in [-0.4, -0.2) is 16.0 Å². The van der Waals surface area contributed by atoms with Crippen LogP contribution in [0.3, 0.4) is 0 Å². The number of hydrogen-bond acceptors (Lipinski definition) is 4. The van der Waals surface area contributed by atoms with Crippen molar-refractivity contribution in [3.63, 3.8) is 0 Å². The fourth-order valence-corrected chi connectivity index (χ4v) is 1.87. The van der Waals surface area contributed by atoms with E-state index in [0.717, 1.165) is 0 Å². The van der Waals surface area contributed by atoms with E-state index in [1.165, 1.54) is 11.3 Å². The molecule has 1 amide bonds. The van der Waals surface area contributed by atoms with Crippen LogP contribution in [0.2, 0.25) is 0 Å². The van der Waals surface area contributed by atoms with Gasteiger partial charge in [-0.25, -0.2) is 4.98 Å². The zero-order valence-electron chi connectivity index (χ0n) is 8.38. The van der Waals surface area contributed by atoms with E-state index in [0.29, 0.717) is 16.3 Å². The minimum absolute atomic E-state index is 0.145. The zero-order valence-corrected chi connectivity index (χ0v) is 9.20. The largest absolute Gasteiger partial charge is 0.392 e. The third kappa shape index (κ3) is 2.26. The summed E-state index contributed by atoms with van der Waals surface area (Å²) >= 11 is 1.36. The summed E-state index contributed by atoms with van der Waals surface area (Å²) in [5.41, 5.74) is 0.604. The first kappa shape index (κ1) is 10.8. The molecule has 0 unspecified atom stereocenters. The van der Waals surface area contributed by atoms with E-state index >= 15 is 0 Å². The number of hydrogen-bond donors (Lipinski definition) is 2. The van der Waals surface area contributed by atoms with E-state index in [9.17, 15) is 4.79 Å². The molecule has 4 nitrogen and oxygen atoms in total. The summed E-state index contributed by atoms with van der Waals surface area (Å²) in [6, 6.07) is 6.98. The first-order valence-corrected chi connectivity index (χ1v) is 5.59. The molecule has 0 aliphatic carbocycles. The van der Waals surface area contributed by atoms with Crippen LogP contribution in [0, 0.1) is 0 Å². The molecule has 0 spiro atoms. The van der Waals surface area contributed by atoms with Gasteiger partial charge < -0.3 is 10.4 Å². The lowest BCUT2D eigenvalue weighted by atomic mass is 10.2. The van der Waals surface area contributed by atoms with E-state index < -0.39 is 0 Å². The first-order chi connectivity index (χ1) is 7.81. The van der Waals surface area contributed by atoms with Gasteiger partial charge >= 0.3 is 0 Å². The Labute approximate surface area is 96.6 Å². The van der Waals surface area contributed by atoms with Gasteiger partial charge in [-0.15, -0.1) is 11.3 Å². The molecule has 0 saturated carbocycles. The average Bonchev–Trinajstić information content (AvgIpc) is 2.83. The van der Waals surface area contributed by atoms with E-state index in [2.05, 4.69) is 10.3 Å². The Balaban J connectivity index is 2.18. The second-order valence-electron chi connectivity index (χ2n) is 3.10. The Bertz CT molecular complexity index is 482. The minimum atomic E-state index is -0.205. The fourth-order valence-electron chi connectivity index (χ4n) is 1.26. The normalized spacial score (nSPS) is 10.1. The van der Waals surface area contributed by atoms with Gasteiger partial charge in [0.2, 0.25) is 0 Å². The summed E-state index contributed by atoms with van der Waals surface area (Å²) in [6.07, 6.45) is 1.57. The van der Waals surface area contributed by atoms with Crippen LogP contribution in [0.25, 0.3) is 0 Å². The third-order valence-corrected chi connectivity index (χ3v) is 2.91. The van der Waals surface area contributed by atoms with Gasteiger partial charge in [-0.05, 0) is 17.5 Å². The van der Waals surface area contributed by atoms with Crippen LogP contribution in [0.15, 0.2) is 35.8 Å². The molecule has 5 heteroatoms. The van der Waals surface area contributed by atoms with Crippen molar-refractivity contribution in [3.05, 3.63) is 46.3 Å². The van der Waals surface area contributed by atoms with Crippen molar-refractivity contribution >= 4 is 23.1 Å². The number of pyridine rings is 1. The molecule has 0 aromatic carbocycles. The molecule has 0 fully saturated rings. The van der Waals surface area contributed by atoms with Gasteiger partial charge in [0.25, 0.3) is 5.91 Å². The van der Waals surface area contributed by atoms with Gasteiger partial charge in [0.1, 0.15) is 5.82 Å². The van der Waals surface area contributed by atoms with Gasteiger partial charge in [0.15, 0.2) is 0 Å². The lowest BCUT2D eigenvalue weighted by molar-refractivity contribution is 0.103. The molecule has 0 aliphatic heterocycles. The monoisotopic (exact) mass is 234 g/mol. The van der Waals surface area contributed by atoms with Crippen molar-refractivity contribution in [1.29, 1.82) is 0 Å². The second-order valence-corrected chi connectivity index (χ2v) is 4.05. The van der Waals surface area contributed by atoms with Crippen molar-refractivity contribution in [3.8, 4) is 0 Å². The molecule has 0 saturated heterocycles. The van der Waals surface area contributed by atoms with E-state index in [4.69, 9.17) is 5.11 Å². The Hall–Kier alpha value is -1.72. The van der Waals surface area contributed by atoms with Crippen LogP contribution in [0.1, 0.15) is 15.2 Å². The summed E-state index contributed by atoms with van der Waals surface area (Å²) in [4.78, 5) is 16.4. The molecule has 0 aliphatic rings. The number of aliphatic hydroxyl groups is 1. The van der Waals surface area contributed by atoms with Crippen molar-refractivity contribution in [2.45, 2.75) is 6.61 Å². The standard InChI is InChI=1S/C11H10N2O2S/c14-7-8-3-1-5-12-10(8)13-11(15)9-4-2-6-16-9/h1-6,14H,7H2,(H,12,13,15). The number of nitrogens with zero attached hydrogens (tertiary/aromatic N) is 1. The number of aliphatic hydroxyl groups excluding tert-OH is 1. The van der Waals surface area contributed by atoms with Gasteiger partial charge in [0.05, 0.1) is 11.5 Å². The Kier molecular flexibility index (Phi) is 3.28. The number of rotatable bonds is 3. The molecule has 2 aromatic heterocycles. The van der Waals surface area contributed by atoms with Crippen molar-refractivity contribution in [1.82, 2.24) is 4.98 Å². The van der Waals surface area contributed by atoms with Crippen LogP contribution in [0.4, 0.5) is 5.82 Å². The van der Waals surface area contributed by atoms with Gasteiger partial charge in [0, 0.05) is 11.8 Å². The van der Waals surface area contributed by atoms with Crippen molar-refractivity contribution < 1.29 is 9.90 Å². The number of carbonyl (C=O) groups excluding carboxylic acids is 1. The van der Waals surface area contributed by atoms with Gasteiger partial charge in [-0.2, -0.15) is 0 Å². The van der Waals surface area contributed by atoms with E-state index in [1.807, 2.05) is 11.4 Å². The SMILES string of the molecule is O=C(Nc1ncccc1CO)c1cccs1. The number of thiophene rings is 1. The molecule has 2 rings (SSSR count). The summed E-state index contributed by atoms with van der Waals surface area (Å²) < 4.78 is 0. The van der Waals surface area contributed by atoms with Crippen molar-refractivity contribution in [2.75, 3.05) is 5.32 Å².